The fourth-order valence-corrected chi connectivity index (χ4v) is 3.60. The fourth-order valence-electron chi connectivity index (χ4n) is 3.28. The monoisotopic (exact) mass is 341 g/mol. The van der Waals surface area contributed by atoms with Crippen LogP contribution in [0.2, 0.25) is 0 Å². The Morgan fingerprint density at radius 3 is 2.90 bits per heavy atom. The average molecular weight is 342 g/mol. The summed E-state index contributed by atoms with van der Waals surface area (Å²) < 4.78 is 2.17. The van der Waals surface area contributed by atoms with Gasteiger partial charge in [-0.2, -0.15) is 5.10 Å². The molecular formula is C16H28BrN3. The van der Waals surface area contributed by atoms with Crippen molar-refractivity contribution in [2.24, 2.45) is 0 Å². The molecule has 1 aromatic rings. The summed E-state index contributed by atoms with van der Waals surface area (Å²) in [6, 6.07) is 3.54. The maximum Gasteiger partial charge on any atom is 0.0765 e. The van der Waals surface area contributed by atoms with Crippen molar-refractivity contribution >= 4 is 15.9 Å². The second kappa shape index (κ2) is 8.18. The molecule has 1 saturated heterocycles. The van der Waals surface area contributed by atoms with Crippen molar-refractivity contribution < 1.29 is 0 Å². The van der Waals surface area contributed by atoms with E-state index in [1.54, 1.807) is 0 Å². The van der Waals surface area contributed by atoms with E-state index in [4.69, 9.17) is 5.10 Å². The molecule has 0 N–H and O–H groups in total. The van der Waals surface area contributed by atoms with E-state index in [1.807, 2.05) is 0 Å². The first-order chi connectivity index (χ1) is 9.78. The van der Waals surface area contributed by atoms with Crippen LogP contribution in [0.15, 0.2) is 12.3 Å². The molecule has 0 aromatic carbocycles. The van der Waals surface area contributed by atoms with Gasteiger partial charge in [-0.1, -0.05) is 29.8 Å². The number of rotatable bonds is 8. The molecule has 1 unspecified atom stereocenters. The molecule has 1 atom stereocenters. The highest BCUT2D eigenvalue weighted by Gasteiger charge is 2.24. The van der Waals surface area contributed by atoms with Crippen LogP contribution in [0.3, 0.4) is 0 Å². The summed E-state index contributed by atoms with van der Waals surface area (Å²) in [5.74, 6) is 0. The molecule has 2 rings (SSSR count). The number of alkyl halides is 1. The number of likely N-dealkylation sites (tertiary alicyclic amines) is 1. The van der Waals surface area contributed by atoms with Crippen LogP contribution in [0.1, 0.15) is 64.1 Å². The van der Waals surface area contributed by atoms with Crippen LogP contribution in [0.4, 0.5) is 0 Å². The maximum atomic E-state index is 4.80. The Morgan fingerprint density at radius 1 is 1.40 bits per heavy atom. The Labute approximate surface area is 131 Å². The minimum atomic E-state index is 0.562. The quantitative estimate of drug-likeness (QED) is 0.654. The Hall–Kier alpha value is -0.350. The van der Waals surface area contributed by atoms with Gasteiger partial charge >= 0.3 is 0 Å². The molecule has 0 spiro atoms. The van der Waals surface area contributed by atoms with Gasteiger partial charge in [-0.3, -0.25) is 9.58 Å². The third-order valence-electron chi connectivity index (χ3n) is 4.52. The van der Waals surface area contributed by atoms with Crippen molar-refractivity contribution in [3.63, 3.8) is 0 Å². The Bertz CT molecular complexity index is 387. The lowest BCUT2D eigenvalue weighted by molar-refractivity contribution is 0.230. The molecule has 0 saturated carbocycles. The van der Waals surface area contributed by atoms with E-state index in [2.05, 4.69) is 51.6 Å². The lowest BCUT2D eigenvalue weighted by atomic mass is 10.1. The number of hydrogen-bond donors (Lipinski definition) is 0. The summed E-state index contributed by atoms with van der Waals surface area (Å²) in [4.78, 5) is 2.63. The van der Waals surface area contributed by atoms with Crippen molar-refractivity contribution in [1.29, 1.82) is 0 Å². The van der Waals surface area contributed by atoms with Crippen LogP contribution in [0.25, 0.3) is 0 Å². The molecule has 0 aliphatic carbocycles. The molecule has 0 bridgehead atoms. The van der Waals surface area contributed by atoms with Gasteiger partial charge in [0.1, 0.15) is 0 Å². The second-order valence-corrected chi connectivity index (χ2v) is 6.65. The molecule has 3 nitrogen and oxygen atoms in total. The molecule has 20 heavy (non-hydrogen) atoms. The third-order valence-corrected chi connectivity index (χ3v) is 5.08. The average Bonchev–Trinajstić information content (AvgIpc) is 3.08. The standard InChI is InChI=1S/C16H28BrN3/c1-3-15(4-2)20-12-9-14(18-20)13-19-11-6-8-16(19)7-5-10-17/h9,12,15-16H,3-8,10-11,13H2,1-2H3. The van der Waals surface area contributed by atoms with Gasteiger partial charge < -0.3 is 0 Å². The summed E-state index contributed by atoms with van der Waals surface area (Å²) in [6.45, 7) is 6.75. The lowest BCUT2D eigenvalue weighted by Crippen LogP contribution is -2.29. The number of nitrogens with zero attached hydrogens (tertiary/aromatic N) is 3. The summed E-state index contributed by atoms with van der Waals surface area (Å²) in [7, 11) is 0. The van der Waals surface area contributed by atoms with Crippen molar-refractivity contribution in [1.82, 2.24) is 14.7 Å². The normalized spacial score (nSPS) is 20.1. The molecule has 1 aromatic heterocycles. The summed E-state index contributed by atoms with van der Waals surface area (Å²) >= 11 is 3.54. The minimum absolute atomic E-state index is 0.562. The highest BCUT2D eigenvalue weighted by molar-refractivity contribution is 9.09. The summed E-state index contributed by atoms with van der Waals surface area (Å²) in [5.41, 5.74) is 1.24. The summed E-state index contributed by atoms with van der Waals surface area (Å²) in [6.07, 6.45) is 9.79. The molecule has 1 aliphatic heterocycles. The largest absolute Gasteiger partial charge is 0.294 e. The van der Waals surface area contributed by atoms with Gasteiger partial charge in [0.15, 0.2) is 0 Å². The molecule has 114 valence electrons. The molecule has 1 fully saturated rings. The zero-order valence-electron chi connectivity index (χ0n) is 12.9. The van der Waals surface area contributed by atoms with E-state index in [1.165, 1.54) is 37.9 Å². The molecule has 0 radical (unpaired) electrons. The van der Waals surface area contributed by atoms with Crippen LogP contribution in [0.5, 0.6) is 0 Å². The summed E-state index contributed by atoms with van der Waals surface area (Å²) in [5, 5.41) is 5.92. The van der Waals surface area contributed by atoms with E-state index in [9.17, 15) is 0 Å². The number of halogens is 1. The Kier molecular flexibility index (Phi) is 6.56. The van der Waals surface area contributed by atoms with Gasteiger partial charge in [0.25, 0.3) is 0 Å². The van der Waals surface area contributed by atoms with Crippen molar-refractivity contribution in [3.05, 3.63) is 18.0 Å². The van der Waals surface area contributed by atoms with Crippen molar-refractivity contribution in [2.45, 2.75) is 71.0 Å². The highest BCUT2D eigenvalue weighted by atomic mass is 79.9. The van der Waals surface area contributed by atoms with Crippen LogP contribution >= 0.6 is 15.9 Å². The zero-order valence-corrected chi connectivity index (χ0v) is 14.5. The van der Waals surface area contributed by atoms with Crippen LogP contribution in [-0.4, -0.2) is 32.6 Å². The maximum absolute atomic E-state index is 4.80. The third kappa shape index (κ3) is 4.08. The van der Waals surface area contributed by atoms with Crippen LogP contribution < -0.4 is 0 Å². The van der Waals surface area contributed by atoms with E-state index < -0.39 is 0 Å². The van der Waals surface area contributed by atoms with Gasteiger partial charge in [-0.25, -0.2) is 0 Å². The molecule has 2 heterocycles. The van der Waals surface area contributed by atoms with E-state index >= 15 is 0 Å². The predicted molar refractivity (Wildman–Crippen MR) is 88.3 cm³/mol. The van der Waals surface area contributed by atoms with Crippen molar-refractivity contribution in [2.75, 3.05) is 11.9 Å². The first kappa shape index (κ1) is 16.0. The van der Waals surface area contributed by atoms with Gasteiger partial charge in [0, 0.05) is 24.1 Å². The smallest absolute Gasteiger partial charge is 0.0765 e. The fraction of sp³-hybridized carbons (Fsp3) is 0.812. The van der Waals surface area contributed by atoms with E-state index in [0.29, 0.717) is 6.04 Å². The van der Waals surface area contributed by atoms with Gasteiger partial charge in [-0.05, 0) is 51.1 Å². The zero-order chi connectivity index (χ0) is 14.4. The van der Waals surface area contributed by atoms with Crippen LogP contribution in [-0.2, 0) is 6.54 Å². The molecule has 4 heteroatoms. The Morgan fingerprint density at radius 2 is 2.20 bits per heavy atom. The molecule has 1 aliphatic rings. The Balaban J connectivity index is 1.92. The lowest BCUT2D eigenvalue weighted by Gasteiger charge is -2.23. The predicted octanol–water partition coefficient (Wildman–Crippen LogP) is 4.38. The van der Waals surface area contributed by atoms with Gasteiger partial charge in [-0.15, -0.1) is 0 Å². The van der Waals surface area contributed by atoms with E-state index in [0.717, 1.165) is 30.8 Å². The first-order valence-corrected chi connectivity index (χ1v) is 9.24. The van der Waals surface area contributed by atoms with Crippen LogP contribution in [0, 0.1) is 0 Å². The van der Waals surface area contributed by atoms with Gasteiger partial charge in [0.05, 0.1) is 11.7 Å². The first-order valence-electron chi connectivity index (χ1n) is 8.12. The minimum Gasteiger partial charge on any atom is -0.294 e. The molecular weight excluding hydrogens is 314 g/mol. The number of aromatic nitrogens is 2. The van der Waals surface area contributed by atoms with Crippen molar-refractivity contribution in [3.8, 4) is 0 Å². The number of hydrogen-bond acceptors (Lipinski definition) is 2. The van der Waals surface area contributed by atoms with E-state index in [-0.39, 0.29) is 0 Å². The SMILES string of the molecule is CCC(CC)n1ccc(CN2CCCC2CCCBr)n1. The second-order valence-electron chi connectivity index (χ2n) is 5.86. The van der Waals surface area contributed by atoms with Gasteiger partial charge in [0.2, 0.25) is 0 Å². The highest BCUT2D eigenvalue weighted by Crippen LogP contribution is 2.24. The topological polar surface area (TPSA) is 21.1 Å². The molecule has 0 amide bonds.